The zero-order chi connectivity index (χ0) is 10.0. The molecule has 0 aliphatic heterocycles. The SMILES string of the molecule is Cc1cc(C)c(C(Br)CC(C)C)s1. The van der Waals surface area contributed by atoms with Gasteiger partial charge in [-0.2, -0.15) is 0 Å². The Kier molecular flexibility index (Phi) is 3.99. The third-order valence-electron chi connectivity index (χ3n) is 2.04. The smallest absolute Gasteiger partial charge is 0.0494 e. The highest BCUT2D eigenvalue weighted by atomic mass is 79.9. The maximum atomic E-state index is 3.76. The van der Waals surface area contributed by atoms with Crippen LogP contribution in [0.2, 0.25) is 0 Å². The molecule has 0 radical (unpaired) electrons. The highest BCUT2D eigenvalue weighted by Gasteiger charge is 2.14. The third-order valence-corrected chi connectivity index (χ3v) is 4.44. The monoisotopic (exact) mass is 260 g/mol. The van der Waals surface area contributed by atoms with Gasteiger partial charge >= 0.3 is 0 Å². The summed E-state index contributed by atoms with van der Waals surface area (Å²) >= 11 is 5.68. The van der Waals surface area contributed by atoms with E-state index >= 15 is 0 Å². The van der Waals surface area contributed by atoms with Gasteiger partial charge in [-0.3, -0.25) is 0 Å². The van der Waals surface area contributed by atoms with E-state index in [1.165, 1.54) is 21.7 Å². The summed E-state index contributed by atoms with van der Waals surface area (Å²) in [6.07, 6.45) is 1.22. The second kappa shape index (κ2) is 4.61. The molecule has 2 heteroatoms. The molecule has 13 heavy (non-hydrogen) atoms. The van der Waals surface area contributed by atoms with Crippen molar-refractivity contribution >= 4 is 27.3 Å². The lowest BCUT2D eigenvalue weighted by Crippen LogP contribution is -1.94. The van der Waals surface area contributed by atoms with Gasteiger partial charge in [0.1, 0.15) is 0 Å². The van der Waals surface area contributed by atoms with Gasteiger partial charge in [0, 0.05) is 14.6 Å². The lowest BCUT2D eigenvalue weighted by atomic mass is 10.1. The number of rotatable bonds is 3. The van der Waals surface area contributed by atoms with Gasteiger partial charge < -0.3 is 0 Å². The van der Waals surface area contributed by atoms with E-state index in [1.807, 2.05) is 11.3 Å². The molecule has 0 nitrogen and oxygen atoms in total. The van der Waals surface area contributed by atoms with E-state index in [1.54, 1.807) is 0 Å². The lowest BCUT2D eigenvalue weighted by Gasteiger charge is -2.11. The minimum Gasteiger partial charge on any atom is -0.144 e. The van der Waals surface area contributed by atoms with E-state index in [2.05, 4.69) is 49.7 Å². The Morgan fingerprint density at radius 3 is 2.38 bits per heavy atom. The Hall–Kier alpha value is 0.180. The van der Waals surface area contributed by atoms with Gasteiger partial charge in [-0.25, -0.2) is 0 Å². The summed E-state index contributed by atoms with van der Waals surface area (Å²) in [6, 6.07) is 2.27. The Morgan fingerprint density at radius 1 is 1.38 bits per heavy atom. The molecule has 0 fully saturated rings. The molecule has 0 aliphatic carbocycles. The van der Waals surface area contributed by atoms with Crippen LogP contribution in [0.1, 0.15) is 40.4 Å². The molecule has 1 aromatic heterocycles. The summed E-state index contributed by atoms with van der Waals surface area (Å²) in [4.78, 5) is 3.47. The molecule has 0 aromatic carbocycles. The quantitative estimate of drug-likeness (QED) is 0.682. The second-order valence-electron chi connectivity index (χ2n) is 4.00. The first-order valence-electron chi connectivity index (χ1n) is 4.71. The van der Waals surface area contributed by atoms with Crippen molar-refractivity contribution in [1.29, 1.82) is 0 Å². The highest BCUT2D eigenvalue weighted by molar-refractivity contribution is 9.09. The predicted molar refractivity (Wildman–Crippen MR) is 64.9 cm³/mol. The van der Waals surface area contributed by atoms with Crippen molar-refractivity contribution in [3.63, 3.8) is 0 Å². The van der Waals surface area contributed by atoms with Gasteiger partial charge in [-0.05, 0) is 37.8 Å². The van der Waals surface area contributed by atoms with E-state index in [0.717, 1.165) is 5.92 Å². The maximum Gasteiger partial charge on any atom is 0.0494 e. The van der Waals surface area contributed by atoms with Crippen molar-refractivity contribution in [1.82, 2.24) is 0 Å². The zero-order valence-corrected chi connectivity index (χ0v) is 11.1. The predicted octanol–water partition coefficient (Wildman–Crippen LogP) is 4.85. The van der Waals surface area contributed by atoms with Crippen LogP contribution in [-0.2, 0) is 0 Å². The summed E-state index contributed by atoms with van der Waals surface area (Å²) < 4.78 is 0. The van der Waals surface area contributed by atoms with Crippen molar-refractivity contribution in [2.45, 2.75) is 38.9 Å². The fourth-order valence-electron chi connectivity index (χ4n) is 1.49. The van der Waals surface area contributed by atoms with E-state index < -0.39 is 0 Å². The van der Waals surface area contributed by atoms with Crippen LogP contribution in [0, 0.1) is 19.8 Å². The van der Waals surface area contributed by atoms with Gasteiger partial charge in [-0.15, -0.1) is 11.3 Å². The van der Waals surface area contributed by atoms with Gasteiger partial charge in [0.05, 0.1) is 0 Å². The topological polar surface area (TPSA) is 0 Å². The molecule has 1 aromatic rings. The van der Waals surface area contributed by atoms with E-state index in [4.69, 9.17) is 0 Å². The molecule has 0 bridgehead atoms. The number of alkyl halides is 1. The van der Waals surface area contributed by atoms with Crippen LogP contribution >= 0.6 is 27.3 Å². The van der Waals surface area contributed by atoms with Crippen molar-refractivity contribution < 1.29 is 0 Å². The maximum absolute atomic E-state index is 3.76. The van der Waals surface area contributed by atoms with Crippen LogP contribution in [-0.4, -0.2) is 0 Å². The fraction of sp³-hybridized carbons (Fsp3) is 0.636. The molecule has 0 N–H and O–H groups in total. The molecule has 0 spiro atoms. The molecule has 0 saturated carbocycles. The minimum absolute atomic E-state index is 0.547. The zero-order valence-electron chi connectivity index (χ0n) is 8.73. The first kappa shape index (κ1) is 11.3. The summed E-state index contributed by atoms with van der Waals surface area (Å²) in [5.74, 6) is 0.756. The first-order chi connectivity index (χ1) is 6.00. The van der Waals surface area contributed by atoms with Crippen molar-refractivity contribution in [2.75, 3.05) is 0 Å². The minimum atomic E-state index is 0.547. The second-order valence-corrected chi connectivity index (χ2v) is 6.39. The van der Waals surface area contributed by atoms with Crippen molar-refractivity contribution in [3.05, 3.63) is 21.4 Å². The van der Waals surface area contributed by atoms with Crippen LogP contribution in [0.25, 0.3) is 0 Å². The molecule has 1 rings (SSSR count). The molecular formula is C11H17BrS. The molecule has 0 amide bonds. The molecule has 1 unspecified atom stereocenters. The van der Waals surface area contributed by atoms with E-state index in [9.17, 15) is 0 Å². The van der Waals surface area contributed by atoms with Gasteiger partial charge in [-0.1, -0.05) is 29.8 Å². The van der Waals surface area contributed by atoms with Crippen molar-refractivity contribution in [2.24, 2.45) is 5.92 Å². The molecule has 1 heterocycles. The van der Waals surface area contributed by atoms with Crippen LogP contribution in [0.3, 0.4) is 0 Å². The summed E-state index contributed by atoms with van der Waals surface area (Å²) in [5, 5.41) is 0. The summed E-state index contributed by atoms with van der Waals surface area (Å²) in [5.41, 5.74) is 1.44. The molecular weight excluding hydrogens is 244 g/mol. The Morgan fingerprint density at radius 2 is 2.00 bits per heavy atom. The van der Waals surface area contributed by atoms with Crippen LogP contribution in [0.5, 0.6) is 0 Å². The molecule has 1 atom stereocenters. The number of thiophene rings is 1. The highest BCUT2D eigenvalue weighted by Crippen LogP contribution is 2.36. The Bertz CT molecular complexity index is 276. The van der Waals surface area contributed by atoms with Gasteiger partial charge in [0.2, 0.25) is 0 Å². The van der Waals surface area contributed by atoms with E-state index in [0.29, 0.717) is 4.83 Å². The third kappa shape index (κ3) is 3.10. The van der Waals surface area contributed by atoms with E-state index in [-0.39, 0.29) is 0 Å². The lowest BCUT2D eigenvalue weighted by molar-refractivity contribution is 0.586. The number of halogens is 1. The average molecular weight is 261 g/mol. The average Bonchev–Trinajstić information content (AvgIpc) is 2.28. The Labute approximate surface area is 93.5 Å². The van der Waals surface area contributed by atoms with Crippen molar-refractivity contribution in [3.8, 4) is 0 Å². The van der Waals surface area contributed by atoms with Crippen LogP contribution in [0.15, 0.2) is 6.07 Å². The molecule has 0 aliphatic rings. The first-order valence-corrected chi connectivity index (χ1v) is 6.45. The Balaban J connectivity index is 2.76. The van der Waals surface area contributed by atoms with Crippen LogP contribution in [0.4, 0.5) is 0 Å². The molecule has 74 valence electrons. The number of hydrogen-bond acceptors (Lipinski definition) is 1. The van der Waals surface area contributed by atoms with Gasteiger partial charge in [0.15, 0.2) is 0 Å². The number of aryl methyl sites for hydroxylation is 2. The number of hydrogen-bond donors (Lipinski definition) is 0. The standard InChI is InChI=1S/C11H17BrS/c1-7(2)5-10(12)11-8(3)6-9(4)13-11/h6-7,10H,5H2,1-4H3. The fourth-order valence-corrected chi connectivity index (χ4v) is 3.91. The van der Waals surface area contributed by atoms with Crippen LogP contribution < -0.4 is 0 Å². The largest absolute Gasteiger partial charge is 0.144 e. The molecule has 0 saturated heterocycles. The normalized spacial score (nSPS) is 13.7. The summed E-state index contributed by atoms with van der Waals surface area (Å²) in [6.45, 7) is 8.91. The van der Waals surface area contributed by atoms with Gasteiger partial charge in [0.25, 0.3) is 0 Å². The summed E-state index contributed by atoms with van der Waals surface area (Å²) in [7, 11) is 0.